The van der Waals surface area contributed by atoms with Crippen molar-refractivity contribution < 1.29 is 14.5 Å². The lowest BCUT2D eigenvalue weighted by molar-refractivity contribution is -0.385. The van der Waals surface area contributed by atoms with Crippen LogP contribution < -0.4 is 4.74 Å². The molecule has 0 amide bonds. The third kappa shape index (κ3) is 4.69. The molecule has 5 heteroatoms. The van der Waals surface area contributed by atoms with E-state index in [1.807, 2.05) is 0 Å². The summed E-state index contributed by atoms with van der Waals surface area (Å²) in [6, 6.07) is 4.33. The maximum Gasteiger partial charge on any atom is 0.283 e. The van der Waals surface area contributed by atoms with E-state index in [2.05, 4.69) is 20.8 Å². The summed E-state index contributed by atoms with van der Waals surface area (Å²) >= 11 is 0. The number of benzene rings is 1. The van der Waals surface area contributed by atoms with Crippen LogP contribution >= 0.6 is 0 Å². The highest BCUT2D eigenvalue weighted by atomic mass is 16.6. The molecule has 0 bridgehead atoms. The Kier molecular flexibility index (Phi) is 4.64. The Hall–Kier alpha value is -1.91. The Bertz CT molecular complexity index is 489. The third-order valence-corrected chi connectivity index (χ3v) is 2.67. The van der Waals surface area contributed by atoms with Gasteiger partial charge in [-0.15, -0.1) is 0 Å². The molecule has 0 fully saturated rings. The molecule has 104 valence electrons. The minimum absolute atomic E-state index is 0.105. The second kappa shape index (κ2) is 5.82. The highest BCUT2D eigenvalue weighted by Crippen LogP contribution is 2.26. The standard InChI is InChI=1S/C14H19NO4/c1-10(16)12-6-5-11(9-13(12)15(17)18)19-8-7-14(2,3)4/h5-6,9H,7-8H2,1-4H3. The number of nitrogens with zero attached hydrogens (tertiary/aromatic N) is 1. The van der Waals surface area contributed by atoms with Crippen molar-refractivity contribution in [2.75, 3.05) is 6.61 Å². The molecule has 0 spiro atoms. The van der Waals surface area contributed by atoms with Crippen LogP contribution in [0.1, 0.15) is 44.5 Å². The first-order valence-corrected chi connectivity index (χ1v) is 6.13. The van der Waals surface area contributed by atoms with Crippen LogP contribution in [-0.2, 0) is 0 Å². The topological polar surface area (TPSA) is 69.4 Å². The van der Waals surface area contributed by atoms with Crippen molar-refractivity contribution >= 4 is 11.5 Å². The second-order valence-corrected chi connectivity index (χ2v) is 5.65. The van der Waals surface area contributed by atoms with Crippen molar-refractivity contribution in [1.29, 1.82) is 0 Å². The summed E-state index contributed by atoms with van der Waals surface area (Å²) in [4.78, 5) is 21.6. The monoisotopic (exact) mass is 265 g/mol. The van der Waals surface area contributed by atoms with E-state index in [9.17, 15) is 14.9 Å². The molecule has 1 rings (SSSR count). The lowest BCUT2D eigenvalue weighted by atomic mass is 9.93. The number of nitro benzene ring substituents is 1. The molecule has 0 aliphatic heterocycles. The molecule has 5 nitrogen and oxygen atoms in total. The molecule has 0 aliphatic rings. The average molecular weight is 265 g/mol. The minimum atomic E-state index is -0.562. The maximum absolute atomic E-state index is 11.3. The predicted molar refractivity (Wildman–Crippen MR) is 72.7 cm³/mol. The SMILES string of the molecule is CC(=O)c1ccc(OCCC(C)(C)C)cc1[N+](=O)[O-]. The number of ketones is 1. The van der Waals surface area contributed by atoms with Gasteiger partial charge in [-0.2, -0.15) is 0 Å². The zero-order valence-electron chi connectivity index (χ0n) is 11.7. The Morgan fingerprint density at radius 1 is 1.37 bits per heavy atom. The van der Waals surface area contributed by atoms with E-state index < -0.39 is 4.92 Å². The Labute approximate surface area is 112 Å². The van der Waals surface area contributed by atoms with Gasteiger partial charge in [0.2, 0.25) is 0 Å². The van der Waals surface area contributed by atoms with Gasteiger partial charge in [0.25, 0.3) is 5.69 Å². The van der Waals surface area contributed by atoms with Crippen LogP contribution in [0.4, 0.5) is 5.69 Å². The normalized spacial score (nSPS) is 11.2. The molecule has 0 atom stereocenters. The molecular formula is C14H19NO4. The van der Waals surface area contributed by atoms with Crippen LogP contribution in [0.2, 0.25) is 0 Å². The molecule has 0 aromatic heterocycles. The molecule has 0 N–H and O–H groups in total. The minimum Gasteiger partial charge on any atom is -0.493 e. The van der Waals surface area contributed by atoms with Crippen LogP contribution in [0.25, 0.3) is 0 Å². The van der Waals surface area contributed by atoms with Crippen molar-refractivity contribution in [2.45, 2.75) is 34.1 Å². The number of nitro groups is 1. The van der Waals surface area contributed by atoms with E-state index in [1.165, 1.54) is 19.1 Å². The van der Waals surface area contributed by atoms with Gasteiger partial charge < -0.3 is 4.74 Å². The molecule has 0 aliphatic carbocycles. The molecule has 0 saturated carbocycles. The first-order chi connectivity index (χ1) is 8.70. The summed E-state index contributed by atoms with van der Waals surface area (Å²) in [6.45, 7) is 8.08. The number of hydrogen-bond acceptors (Lipinski definition) is 4. The number of carbonyl (C=O) groups excluding carboxylic acids is 1. The van der Waals surface area contributed by atoms with E-state index >= 15 is 0 Å². The first-order valence-electron chi connectivity index (χ1n) is 6.13. The molecule has 0 unspecified atom stereocenters. The Morgan fingerprint density at radius 2 is 2.00 bits per heavy atom. The van der Waals surface area contributed by atoms with Gasteiger partial charge in [-0.3, -0.25) is 14.9 Å². The number of carbonyl (C=O) groups is 1. The fourth-order valence-electron chi connectivity index (χ4n) is 1.53. The van der Waals surface area contributed by atoms with Gasteiger partial charge in [0.1, 0.15) is 5.75 Å². The Morgan fingerprint density at radius 3 is 2.47 bits per heavy atom. The van der Waals surface area contributed by atoms with Crippen LogP contribution in [0.5, 0.6) is 5.75 Å². The number of hydrogen-bond donors (Lipinski definition) is 0. The summed E-state index contributed by atoms with van der Waals surface area (Å²) < 4.78 is 5.49. The molecule has 1 aromatic rings. The van der Waals surface area contributed by atoms with Gasteiger partial charge in [0.15, 0.2) is 5.78 Å². The predicted octanol–water partition coefficient (Wildman–Crippen LogP) is 3.61. The van der Waals surface area contributed by atoms with Crippen molar-refractivity contribution in [2.24, 2.45) is 5.41 Å². The summed E-state index contributed by atoms with van der Waals surface area (Å²) in [5.74, 6) is 0.0916. The smallest absolute Gasteiger partial charge is 0.283 e. The van der Waals surface area contributed by atoms with Gasteiger partial charge in [0.05, 0.1) is 23.2 Å². The van der Waals surface area contributed by atoms with Crippen molar-refractivity contribution in [3.63, 3.8) is 0 Å². The molecule has 1 aromatic carbocycles. The largest absolute Gasteiger partial charge is 0.493 e. The molecule has 0 heterocycles. The van der Waals surface area contributed by atoms with Crippen molar-refractivity contribution in [3.8, 4) is 5.75 Å². The fourth-order valence-corrected chi connectivity index (χ4v) is 1.53. The van der Waals surface area contributed by atoms with Crippen LogP contribution in [0.15, 0.2) is 18.2 Å². The first kappa shape index (κ1) is 15.1. The van der Waals surface area contributed by atoms with Gasteiger partial charge in [0, 0.05) is 0 Å². The quantitative estimate of drug-likeness (QED) is 0.463. The molecule has 19 heavy (non-hydrogen) atoms. The zero-order chi connectivity index (χ0) is 14.6. The van der Waals surface area contributed by atoms with E-state index in [-0.39, 0.29) is 22.4 Å². The zero-order valence-corrected chi connectivity index (χ0v) is 11.7. The number of Topliss-reactive ketones (excluding diaryl/α,β-unsaturated/α-hetero) is 1. The second-order valence-electron chi connectivity index (χ2n) is 5.65. The highest BCUT2D eigenvalue weighted by Gasteiger charge is 2.18. The van der Waals surface area contributed by atoms with Gasteiger partial charge in [-0.25, -0.2) is 0 Å². The summed E-state index contributed by atoms with van der Waals surface area (Å²) in [5.41, 5.74) is 0.0413. The lowest BCUT2D eigenvalue weighted by Gasteiger charge is -2.18. The lowest BCUT2D eigenvalue weighted by Crippen LogP contribution is -2.11. The van der Waals surface area contributed by atoms with E-state index in [1.54, 1.807) is 6.07 Å². The molecular weight excluding hydrogens is 246 g/mol. The van der Waals surface area contributed by atoms with Gasteiger partial charge in [-0.1, -0.05) is 20.8 Å². The maximum atomic E-state index is 11.3. The molecule has 0 saturated heterocycles. The Balaban J connectivity index is 2.85. The van der Waals surface area contributed by atoms with Crippen molar-refractivity contribution in [1.82, 2.24) is 0 Å². The average Bonchev–Trinajstić information content (AvgIpc) is 2.26. The van der Waals surface area contributed by atoms with Crippen LogP contribution in [0.3, 0.4) is 0 Å². The van der Waals surface area contributed by atoms with E-state index in [0.717, 1.165) is 6.42 Å². The third-order valence-electron chi connectivity index (χ3n) is 2.67. The van der Waals surface area contributed by atoms with E-state index in [4.69, 9.17) is 4.74 Å². The van der Waals surface area contributed by atoms with Gasteiger partial charge >= 0.3 is 0 Å². The summed E-state index contributed by atoms with van der Waals surface area (Å²) in [5, 5.41) is 10.9. The fraction of sp³-hybridized carbons (Fsp3) is 0.500. The number of rotatable bonds is 5. The molecule has 0 radical (unpaired) electrons. The van der Waals surface area contributed by atoms with E-state index in [0.29, 0.717) is 12.4 Å². The summed E-state index contributed by atoms with van der Waals surface area (Å²) in [7, 11) is 0. The number of ether oxygens (including phenoxy) is 1. The van der Waals surface area contributed by atoms with Crippen LogP contribution in [0, 0.1) is 15.5 Å². The van der Waals surface area contributed by atoms with Crippen LogP contribution in [-0.4, -0.2) is 17.3 Å². The van der Waals surface area contributed by atoms with Crippen molar-refractivity contribution in [3.05, 3.63) is 33.9 Å². The summed E-state index contributed by atoms with van der Waals surface area (Å²) in [6.07, 6.45) is 0.843. The van der Waals surface area contributed by atoms with Gasteiger partial charge in [-0.05, 0) is 30.9 Å². The highest BCUT2D eigenvalue weighted by molar-refractivity contribution is 5.98.